The van der Waals surface area contributed by atoms with Gasteiger partial charge in [-0.1, -0.05) is 13.0 Å². The second-order valence-corrected chi connectivity index (χ2v) is 7.49. The van der Waals surface area contributed by atoms with Crippen LogP contribution in [0.25, 0.3) is 0 Å². The molecule has 0 aliphatic carbocycles. The number of piperazine rings is 1. The number of rotatable bonds is 5. The van der Waals surface area contributed by atoms with Gasteiger partial charge in [-0.2, -0.15) is 0 Å². The highest BCUT2D eigenvalue weighted by molar-refractivity contribution is 7.80. The highest BCUT2D eigenvalue weighted by atomic mass is 32.1. The number of hydrogen-bond acceptors (Lipinski definition) is 4. The lowest BCUT2D eigenvalue weighted by Gasteiger charge is -2.36. The summed E-state index contributed by atoms with van der Waals surface area (Å²) in [5, 5.41) is 5.64. The predicted molar refractivity (Wildman–Crippen MR) is 120 cm³/mol. The van der Waals surface area contributed by atoms with Crippen LogP contribution in [0, 0.1) is 5.82 Å². The molecule has 0 unspecified atom stereocenters. The minimum Gasteiger partial charge on any atom is -0.368 e. The van der Waals surface area contributed by atoms with Gasteiger partial charge in [0.15, 0.2) is 5.11 Å². The highest BCUT2D eigenvalue weighted by Gasteiger charge is 2.20. The molecule has 2 aromatic carbocycles. The average molecular weight is 429 g/mol. The van der Waals surface area contributed by atoms with Gasteiger partial charge >= 0.3 is 0 Å². The molecule has 2 amide bonds. The van der Waals surface area contributed by atoms with Crippen molar-refractivity contribution in [1.29, 1.82) is 0 Å². The van der Waals surface area contributed by atoms with E-state index in [0.29, 0.717) is 6.42 Å². The van der Waals surface area contributed by atoms with Crippen molar-refractivity contribution in [3.63, 3.8) is 0 Å². The molecule has 0 saturated carbocycles. The van der Waals surface area contributed by atoms with Gasteiger partial charge in [0.25, 0.3) is 5.91 Å². The second kappa shape index (κ2) is 10.2. The largest absolute Gasteiger partial charge is 0.368 e. The maximum Gasteiger partial charge on any atom is 0.257 e. The Balaban J connectivity index is 1.50. The molecule has 30 heavy (non-hydrogen) atoms. The lowest BCUT2D eigenvalue weighted by atomic mass is 10.2. The van der Waals surface area contributed by atoms with Crippen LogP contribution in [0.4, 0.5) is 15.8 Å². The Morgan fingerprint density at radius 1 is 1.07 bits per heavy atom. The molecule has 0 bridgehead atoms. The Hall–Kier alpha value is -3.00. The van der Waals surface area contributed by atoms with Crippen LogP contribution in [0.15, 0.2) is 48.5 Å². The Morgan fingerprint density at radius 2 is 1.77 bits per heavy atom. The van der Waals surface area contributed by atoms with E-state index in [1.54, 1.807) is 0 Å². The molecule has 0 radical (unpaired) electrons. The number of carbonyl (C=O) groups is 2. The van der Waals surface area contributed by atoms with E-state index in [4.69, 9.17) is 12.2 Å². The summed E-state index contributed by atoms with van der Waals surface area (Å²) >= 11 is 5.18. The van der Waals surface area contributed by atoms with E-state index in [2.05, 4.69) is 15.5 Å². The molecule has 158 valence electrons. The normalized spacial score (nSPS) is 13.7. The summed E-state index contributed by atoms with van der Waals surface area (Å²) in [4.78, 5) is 28.3. The van der Waals surface area contributed by atoms with E-state index in [9.17, 15) is 14.0 Å². The fourth-order valence-electron chi connectivity index (χ4n) is 3.31. The Morgan fingerprint density at radius 3 is 2.40 bits per heavy atom. The molecule has 1 aliphatic rings. The maximum atomic E-state index is 13.2. The van der Waals surface area contributed by atoms with Gasteiger partial charge in [-0.15, -0.1) is 0 Å². The van der Waals surface area contributed by atoms with Crippen LogP contribution in [-0.2, 0) is 4.79 Å². The smallest absolute Gasteiger partial charge is 0.257 e. The number of amides is 2. The van der Waals surface area contributed by atoms with Crippen molar-refractivity contribution in [3.8, 4) is 0 Å². The maximum absolute atomic E-state index is 13.2. The van der Waals surface area contributed by atoms with Gasteiger partial charge in [0.1, 0.15) is 5.82 Å². The summed E-state index contributed by atoms with van der Waals surface area (Å²) in [6.45, 7) is 5.07. The number of nitrogens with one attached hydrogen (secondary N) is 2. The topological polar surface area (TPSA) is 64.7 Å². The van der Waals surface area contributed by atoms with Crippen LogP contribution < -0.4 is 15.5 Å². The van der Waals surface area contributed by atoms with Crippen LogP contribution >= 0.6 is 12.2 Å². The fraction of sp³-hybridized carbons (Fsp3) is 0.318. The number of benzene rings is 2. The first kappa shape index (κ1) is 21.7. The van der Waals surface area contributed by atoms with Gasteiger partial charge < -0.3 is 15.1 Å². The van der Waals surface area contributed by atoms with Crippen LogP contribution in [0.2, 0.25) is 0 Å². The lowest BCUT2D eigenvalue weighted by Crippen LogP contribution is -2.48. The molecule has 1 fully saturated rings. The quantitative estimate of drug-likeness (QED) is 0.715. The summed E-state index contributed by atoms with van der Waals surface area (Å²) in [7, 11) is 0. The van der Waals surface area contributed by atoms with Crippen LogP contribution in [-0.4, -0.2) is 48.0 Å². The molecule has 0 aromatic heterocycles. The summed E-state index contributed by atoms with van der Waals surface area (Å²) in [6, 6.07) is 13.1. The first-order chi connectivity index (χ1) is 14.5. The van der Waals surface area contributed by atoms with Crippen molar-refractivity contribution in [1.82, 2.24) is 10.2 Å². The van der Waals surface area contributed by atoms with Crippen molar-refractivity contribution in [2.75, 3.05) is 36.4 Å². The van der Waals surface area contributed by atoms with E-state index in [1.165, 1.54) is 18.2 Å². The summed E-state index contributed by atoms with van der Waals surface area (Å²) < 4.78 is 13.2. The Kier molecular flexibility index (Phi) is 7.35. The lowest BCUT2D eigenvalue weighted by molar-refractivity contribution is -0.131. The molecule has 1 aliphatic heterocycles. The molecule has 3 rings (SSSR count). The zero-order valence-corrected chi connectivity index (χ0v) is 17.7. The number of nitrogens with zero attached hydrogens (tertiary/aromatic N) is 2. The molecule has 6 nitrogen and oxygen atoms in total. The van der Waals surface area contributed by atoms with Gasteiger partial charge in [0, 0.05) is 49.5 Å². The minimum absolute atomic E-state index is 0.139. The standard InChI is InChI=1S/C22H25FN4O2S/c1-2-4-20(28)27-13-11-26(12-14-27)19-9-7-18(8-10-19)24-22(30)25-21(29)16-5-3-6-17(23)15-16/h3,5-10,15H,2,4,11-14H2,1H3,(H2,24,25,29,30). The Labute approximate surface area is 181 Å². The summed E-state index contributed by atoms with van der Waals surface area (Å²) in [5.74, 6) is -0.725. The van der Waals surface area contributed by atoms with Gasteiger partial charge in [-0.05, 0) is 61.1 Å². The zero-order chi connectivity index (χ0) is 21.5. The monoisotopic (exact) mass is 428 g/mol. The first-order valence-electron chi connectivity index (χ1n) is 9.97. The zero-order valence-electron chi connectivity index (χ0n) is 16.9. The fourth-order valence-corrected chi connectivity index (χ4v) is 3.52. The molecule has 0 atom stereocenters. The van der Waals surface area contributed by atoms with Crippen LogP contribution in [0.5, 0.6) is 0 Å². The van der Waals surface area contributed by atoms with Crippen molar-refractivity contribution in [3.05, 3.63) is 59.9 Å². The van der Waals surface area contributed by atoms with Gasteiger partial charge in [-0.3, -0.25) is 14.9 Å². The molecule has 1 saturated heterocycles. The molecule has 0 spiro atoms. The van der Waals surface area contributed by atoms with Gasteiger partial charge in [-0.25, -0.2) is 4.39 Å². The minimum atomic E-state index is -0.479. The molecule has 1 heterocycles. The summed E-state index contributed by atoms with van der Waals surface area (Å²) in [5.41, 5.74) is 2.00. The molecule has 2 aromatic rings. The molecular formula is C22H25FN4O2S. The number of anilines is 2. The van der Waals surface area contributed by atoms with E-state index in [0.717, 1.165) is 50.0 Å². The number of halogens is 1. The SMILES string of the molecule is CCCC(=O)N1CCN(c2ccc(NC(=S)NC(=O)c3cccc(F)c3)cc2)CC1. The van der Waals surface area contributed by atoms with E-state index in [-0.39, 0.29) is 16.6 Å². The van der Waals surface area contributed by atoms with Gasteiger partial charge in [0.05, 0.1) is 0 Å². The summed E-state index contributed by atoms with van der Waals surface area (Å²) in [6.07, 6.45) is 1.48. The third-order valence-corrected chi connectivity index (χ3v) is 5.10. The van der Waals surface area contributed by atoms with E-state index < -0.39 is 11.7 Å². The number of thiocarbonyl (C=S) groups is 1. The second-order valence-electron chi connectivity index (χ2n) is 7.08. The predicted octanol–water partition coefficient (Wildman–Crippen LogP) is 3.40. The average Bonchev–Trinajstić information content (AvgIpc) is 2.74. The van der Waals surface area contributed by atoms with Crippen LogP contribution in [0.3, 0.4) is 0 Å². The van der Waals surface area contributed by atoms with E-state index in [1.807, 2.05) is 36.1 Å². The van der Waals surface area contributed by atoms with Crippen LogP contribution in [0.1, 0.15) is 30.1 Å². The van der Waals surface area contributed by atoms with Crippen molar-refractivity contribution in [2.24, 2.45) is 0 Å². The van der Waals surface area contributed by atoms with Crippen molar-refractivity contribution in [2.45, 2.75) is 19.8 Å². The molecule has 8 heteroatoms. The van der Waals surface area contributed by atoms with E-state index >= 15 is 0 Å². The third-order valence-electron chi connectivity index (χ3n) is 4.90. The highest BCUT2D eigenvalue weighted by Crippen LogP contribution is 2.20. The van der Waals surface area contributed by atoms with Gasteiger partial charge in [0.2, 0.25) is 5.91 Å². The third kappa shape index (κ3) is 5.76. The van der Waals surface area contributed by atoms with Crippen molar-refractivity contribution < 1.29 is 14.0 Å². The first-order valence-corrected chi connectivity index (χ1v) is 10.4. The number of carbonyl (C=O) groups excluding carboxylic acids is 2. The Bertz CT molecular complexity index is 912. The molecule has 2 N–H and O–H groups in total. The number of hydrogen-bond donors (Lipinski definition) is 2. The van der Waals surface area contributed by atoms with Crippen molar-refractivity contribution >= 4 is 40.5 Å². The molecular weight excluding hydrogens is 403 g/mol.